The maximum atomic E-state index is 12.8. The van der Waals surface area contributed by atoms with E-state index in [-0.39, 0.29) is 5.91 Å². The van der Waals surface area contributed by atoms with Gasteiger partial charge in [-0.1, -0.05) is 36.5 Å². The van der Waals surface area contributed by atoms with E-state index in [2.05, 4.69) is 15.2 Å². The standard InChI is InChI=1S/C18H18N4O4S2/c1-3-14-20-21-17(28-14)19-18-22(4-2)16(25)13(27-18)9-11-7-5-6-8-12(11)26-10-15(23)24/h5-9H,3-4,10H2,1-2H3,(H,23,24)/b13-9+,19-18+. The minimum absolute atomic E-state index is 0.167. The van der Waals surface area contributed by atoms with E-state index in [0.717, 1.165) is 11.4 Å². The lowest BCUT2D eigenvalue weighted by molar-refractivity contribution is -0.139. The van der Waals surface area contributed by atoms with Crippen LogP contribution >= 0.6 is 23.1 Å². The highest BCUT2D eigenvalue weighted by Crippen LogP contribution is 2.35. The van der Waals surface area contributed by atoms with Crippen LogP contribution in [0.1, 0.15) is 24.4 Å². The fourth-order valence-corrected chi connectivity index (χ4v) is 4.14. The minimum Gasteiger partial charge on any atom is -0.481 e. The molecule has 3 rings (SSSR count). The molecule has 0 radical (unpaired) electrons. The van der Waals surface area contributed by atoms with Gasteiger partial charge in [0, 0.05) is 12.1 Å². The number of carboxylic acid groups (broad SMARTS) is 1. The summed E-state index contributed by atoms with van der Waals surface area (Å²) in [6.45, 7) is 3.89. The first-order chi connectivity index (χ1) is 13.5. The number of hydrogen-bond acceptors (Lipinski definition) is 8. The first kappa shape index (κ1) is 20.0. The van der Waals surface area contributed by atoms with Crippen molar-refractivity contribution in [2.45, 2.75) is 20.3 Å². The van der Waals surface area contributed by atoms with Crippen LogP contribution in [0.5, 0.6) is 5.75 Å². The number of amidine groups is 1. The van der Waals surface area contributed by atoms with Crippen LogP contribution in [-0.2, 0) is 16.0 Å². The van der Waals surface area contributed by atoms with Crippen LogP contribution in [0.15, 0.2) is 34.2 Å². The Kier molecular flexibility index (Phi) is 6.42. The number of hydrogen-bond donors (Lipinski definition) is 1. The van der Waals surface area contributed by atoms with E-state index in [1.165, 1.54) is 23.1 Å². The summed E-state index contributed by atoms with van der Waals surface area (Å²) in [5.74, 6) is -0.834. The molecule has 1 aromatic heterocycles. The third-order valence-electron chi connectivity index (χ3n) is 3.71. The molecule has 1 aliphatic heterocycles. The first-order valence-corrected chi connectivity index (χ1v) is 10.2. The Morgan fingerprint density at radius 3 is 2.79 bits per heavy atom. The molecule has 1 N–H and O–H groups in total. The molecule has 0 atom stereocenters. The van der Waals surface area contributed by atoms with Crippen LogP contribution in [-0.4, -0.2) is 50.4 Å². The molecule has 1 saturated heterocycles. The van der Waals surface area contributed by atoms with Gasteiger partial charge in [0.25, 0.3) is 5.91 Å². The van der Waals surface area contributed by atoms with Gasteiger partial charge in [-0.3, -0.25) is 9.69 Å². The van der Waals surface area contributed by atoms with E-state index in [1.807, 2.05) is 13.8 Å². The van der Waals surface area contributed by atoms with Gasteiger partial charge in [0.2, 0.25) is 5.13 Å². The van der Waals surface area contributed by atoms with E-state index in [4.69, 9.17) is 9.84 Å². The molecule has 0 saturated carbocycles. The summed E-state index contributed by atoms with van der Waals surface area (Å²) in [5.41, 5.74) is 0.626. The Labute approximate surface area is 169 Å². The molecule has 1 amide bonds. The highest BCUT2D eigenvalue weighted by Gasteiger charge is 2.32. The number of para-hydroxylation sites is 1. The van der Waals surface area contributed by atoms with Crippen molar-refractivity contribution in [1.29, 1.82) is 0 Å². The summed E-state index contributed by atoms with van der Waals surface area (Å²) in [5, 5.41) is 18.9. The number of aliphatic carboxylic acids is 1. The average Bonchev–Trinajstić information content (AvgIpc) is 3.25. The predicted octanol–water partition coefficient (Wildman–Crippen LogP) is 3.19. The first-order valence-electron chi connectivity index (χ1n) is 8.58. The van der Waals surface area contributed by atoms with Gasteiger partial charge in [-0.05, 0) is 37.2 Å². The molecule has 146 valence electrons. The van der Waals surface area contributed by atoms with Crippen molar-refractivity contribution in [1.82, 2.24) is 15.1 Å². The summed E-state index contributed by atoms with van der Waals surface area (Å²) in [4.78, 5) is 30.1. The maximum absolute atomic E-state index is 12.8. The highest BCUT2D eigenvalue weighted by molar-refractivity contribution is 8.18. The summed E-state index contributed by atoms with van der Waals surface area (Å²) in [6, 6.07) is 6.97. The molecular weight excluding hydrogens is 400 g/mol. The predicted molar refractivity (Wildman–Crippen MR) is 109 cm³/mol. The number of aliphatic imine (C=N–C) groups is 1. The Morgan fingerprint density at radius 2 is 2.11 bits per heavy atom. The molecule has 1 fully saturated rings. The molecule has 1 aromatic carbocycles. The molecular formula is C18H18N4O4S2. The second-order valence-electron chi connectivity index (χ2n) is 5.61. The van der Waals surface area contributed by atoms with Gasteiger partial charge < -0.3 is 9.84 Å². The average molecular weight is 419 g/mol. The topological polar surface area (TPSA) is 105 Å². The zero-order valence-corrected chi connectivity index (χ0v) is 16.9. The smallest absolute Gasteiger partial charge is 0.341 e. The quantitative estimate of drug-likeness (QED) is 0.689. The van der Waals surface area contributed by atoms with E-state index in [9.17, 15) is 9.59 Å². The Balaban J connectivity index is 1.89. The number of carbonyl (C=O) groups excluding carboxylic acids is 1. The van der Waals surface area contributed by atoms with Crippen molar-refractivity contribution in [3.05, 3.63) is 39.7 Å². The Hall–Kier alpha value is -2.72. The fraction of sp³-hybridized carbons (Fsp3) is 0.278. The van der Waals surface area contributed by atoms with Crippen molar-refractivity contribution < 1.29 is 19.4 Å². The number of carboxylic acids is 1. The summed E-state index contributed by atoms with van der Waals surface area (Å²) >= 11 is 2.64. The van der Waals surface area contributed by atoms with Crippen molar-refractivity contribution in [2.24, 2.45) is 4.99 Å². The maximum Gasteiger partial charge on any atom is 0.341 e. The minimum atomic E-state index is -1.07. The number of ether oxygens (including phenoxy) is 1. The van der Waals surface area contributed by atoms with Crippen LogP contribution in [0.25, 0.3) is 6.08 Å². The Bertz CT molecular complexity index is 955. The molecule has 2 heterocycles. The lowest BCUT2D eigenvalue weighted by Crippen LogP contribution is -2.28. The summed E-state index contributed by atoms with van der Waals surface area (Å²) in [6.07, 6.45) is 2.47. The van der Waals surface area contributed by atoms with E-state index >= 15 is 0 Å². The van der Waals surface area contributed by atoms with Crippen molar-refractivity contribution >= 4 is 51.4 Å². The van der Waals surface area contributed by atoms with E-state index in [0.29, 0.717) is 33.1 Å². The molecule has 2 aromatic rings. The molecule has 8 nitrogen and oxygen atoms in total. The Morgan fingerprint density at radius 1 is 1.32 bits per heavy atom. The number of likely N-dealkylation sites (N-methyl/N-ethyl adjacent to an activating group) is 1. The molecule has 0 bridgehead atoms. The number of amides is 1. The van der Waals surface area contributed by atoms with Crippen molar-refractivity contribution in [3.63, 3.8) is 0 Å². The summed E-state index contributed by atoms with van der Waals surface area (Å²) < 4.78 is 5.31. The van der Waals surface area contributed by atoms with Gasteiger partial charge in [0.05, 0.1) is 4.91 Å². The van der Waals surface area contributed by atoms with Gasteiger partial charge in [-0.25, -0.2) is 4.79 Å². The molecule has 28 heavy (non-hydrogen) atoms. The lowest BCUT2D eigenvalue weighted by atomic mass is 10.2. The largest absolute Gasteiger partial charge is 0.481 e. The molecule has 0 aliphatic carbocycles. The second kappa shape index (κ2) is 8.98. The molecule has 0 unspecified atom stereocenters. The zero-order chi connectivity index (χ0) is 20.1. The van der Waals surface area contributed by atoms with Crippen LogP contribution in [0.3, 0.4) is 0 Å². The second-order valence-corrected chi connectivity index (χ2v) is 7.66. The molecule has 1 aliphatic rings. The third kappa shape index (κ3) is 4.57. The number of thioether (sulfide) groups is 1. The van der Waals surface area contributed by atoms with Crippen LogP contribution in [0.2, 0.25) is 0 Å². The fourth-order valence-electron chi connectivity index (χ4n) is 2.40. The monoisotopic (exact) mass is 418 g/mol. The SMILES string of the molecule is CCc1nnc(/N=C2/S/C(=C/c3ccccc3OCC(=O)O)C(=O)N2CC)s1. The number of aromatic nitrogens is 2. The zero-order valence-electron chi connectivity index (χ0n) is 15.3. The summed E-state index contributed by atoms with van der Waals surface area (Å²) in [7, 11) is 0. The van der Waals surface area contributed by atoms with Gasteiger partial charge >= 0.3 is 5.97 Å². The highest BCUT2D eigenvalue weighted by atomic mass is 32.2. The lowest BCUT2D eigenvalue weighted by Gasteiger charge is -2.11. The van der Waals surface area contributed by atoms with Crippen LogP contribution < -0.4 is 4.74 Å². The van der Waals surface area contributed by atoms with Crippen molar-refractivity contribution in [3.8, 4) is 5.75 Å². The van der Waals surface area contributed by atoms with Crippen molar-refractivity contribution in [2.75, 3.05) is 13.2 Å². The van der Waals surface area contributed by atoms with Crippen LogP contribution in [0.4, 0.5) is 5.13 Å². The number of carbonyl (C=O) groups is 2. The number of nitrogens with zero attached hydrogens (tertiary/aromatic N) is 4. The van der Waals surface area contributed by atoms with Gasteiger partial charge in [0.15, 0.2) is 11.8 Å². The normalized spacial score (nSPS) is 16.9. The van der Waals surface area contributed by atoms with E-state index < -0.39 is 12.6 Å². The van der Waals surface area contributed by atoms with Crippen LogP contribution in [0, 0.1) is 0 Å². The molecule has 0 spiro atoms. The van der Waals surface area contributed by atoms with Gasteiger partial charge in [-0.15, -0.1) is 10.2 Å². The number of aryl methyl sites for hydroxylation is 1. The molecule has 10 heteroatoms. The van der Waals surface area contributed by atoms with Gasteiger partial charge in [-0.2, -0.15) is 4.99 Å². The third-order valence-corrected chi connectivity index (χ3v) is 5.68. The number of rotatable bonds is 7. The van der Waals surface area contributed by atoms with E-state index in [1.54, 1.807) is 35.2 Å². The number of benzene rings is 1. The van der Waals surface area contributed by atoms with Gasteiger partial charge in [0.1, 0.15) is 10.8 Å².